The second kappa shape index (κ2) is 6.70. The first kappa shape index (κ1) is 14.9. The van der Waals surface area contributed by atoms with E-state index in [4.69, 9.17) is 0 Å². The van der Waals surface area contributed by atoms with Crippen molar-refractivity contribution < 1.29 is 4.79 Å². The summed E-state index contributed by atoms with van der Waals surface area (Å²) in [5.41, 5.74) is 0.960. The quantitative estimate of drug-likeness (QED) is 0.798. The molecule has 0 aliphatic rings. The van der Waals surface area contributed by atoms with Gasteiger partial charge in [0.25, 0.3) is 0 Å². The topological polar surface area (TPSA) is 63.1 Å². The fourth-order valence-electron chi connectivity index (χ4n) is 1.52. The standard InChI is InChI=1S/C12H21N3O2S/c1-8(13-4)7-14-11(16)5-6-15-9(2)10(3)18-12(15)17/h8,13H,5-7H2,1-4H3,(H,14,16). The normalized spacial score (nSPS) is 12.4. The Kier molecular flexibility index (Phi) is 5.55. The fraction of sp³-hybridized carbons (Fsp3) is 0.667. The van der Waals surface area contributed by atoms with E-state index in [0.717, 1.165) is 10.6 Å². The minimum absolute atomic E-state index is 0.0152. The summed E-state index contributed by atoms with van der Waals surface area (Å²) < 4.78 is 1.67. The fourth-order valence-corrected chi connectivity index (χ4v) is 2.37. The van der Waals surface area contributed by atoms with Crippen LogP contribution >= 0.6 is 11.3 Å². The molecule has 0 spiro atoms. The molecule has 0 radical (unpaired) electrons. The summed E-state index contributed by atoms with van der Waals surface area (Å²) in [6.45, 7) is 6.89. The molecule has 1 rings (SSSR count). The molecule has 1 heterocycles. The molecule has 0 fully saturated rings. The summed E-state index contributed by atoms with van der Waals surface area (Å²) >= 11 is 1.24. The number of carbonyl (C=O) groups is 1. The number of nitrogens with zero attached hydrogens (tertiary/aromatic N) is 1. The number of aromatic nitrogens is 1. The Bertz CT molecular complexity index is 464. The highest BCUT2D eigenvalue weighted by molar-refractivity contribution is 7.09. The van der Waals surface area contributed by atoms with Crippen LogP contribution < -0.4 is 15.5 Å². The Morgan fingerprint density at radius 1 is 1.44 bits per heavy atom. The molecule has 0 bridgehead atoms. The molecule has 18 heavy (non-hydrogen) atoms. The van der Waals surface area contributed by atoms with Crippen molar-refractivity contribution in [2.75, 3.05) is 13.6 Å². The average molecular weight is 271 g/mol. The van der Waals surface area contributed by atoms with Crippen LogP contribution in [0.4, 0.5) is 0 Å². The van der Waals surface area contributed by atoms with Gasteiger partial charge in [0, 0.05) is 36.1 Å². The SMILES string of the molecule is CNC(C)CNC(=O)CCn1c(C)c(C)sc1=O. The second-order valence-corrected chi connectivity index (χ2v) is 5.57. The van der Waals surface area contributed by atoms with Gasteiger partial charge < -0.3 is 15.2 Å². The minimum Gasteiger partial charge on any atom is -0.354 e. The molecule has 1 atom stereocenters. The minimum atomic E-state index is -0.0211. The van der Waals surface area contributed by atoms with Crippen molar-refractivity contribution in [2.24, 2.45) is 0 Å². The molecule has 0 aliphatic heterocycles. The average Bonchev–Trinajstić information content (AvgIpc) is 2.58. The molecule has 2 N–H and O–H groups in total. The number of amides is 1. The number of carbonyl (C=O) groups excluding carboxylic acids is 1. The molecule has 1 aromatic heterocycles. The van der Waals surface area contributed by atoms with Crippen molar-refractivity contribution in [3.8, 4) is 0 Å². The van der Waals surface area contributed by atoms with Gasteiger partial charge in [0.2, 0.25) is 5.91 Å². The molecule has 0 saturated heterocycles. The Morgan fingerprint density at radius 3 is 2.61 bits per heavy atom. The third kappa shape index (κ3) is 3.96. The van der Waals surface area contributed by atoms with Crippen LogP contribution in [0.5, 0.6) is 0 Å². The maximum absolute atomic E-state index is 11.6. The summed E-state index contributed by atoms with van der Waals surface area (Å²) in [7, 11) is 1.86. The first-order chi connectivity index (χ1) is 8.45. The molecule has 1 amide bonds. The number of hydrogen-bond acceptors (Lipinski definition) is 4. The number of hydrogen-bond donors (Lipinski definition) is 2. The van der Waals surface area contributed by atoms with Crippen LogP contribution in [0.25, 0.3) is 0 Å². The predicted octanol–water partition coefficient (Wildman–Crippen LogP) is 0.641. The zero-order valence-electron chi connectivity index (χ0n) is 11.4. The lowest BCUT2D eigenvalue weighted by Crippen LogP contribution is -2.37. The third-order valence-corrected chi connectivity index (χ3v) is 4.03. The monoisotopic (exact) mass is 271 g/mol. The summed E-state index contributed by atoms with van der Waals surface area (Å²) in [4.78, 5) is 24.3. The highest BCUT2D eigenvalue weighted by atomic mass is 32.1. The van der Waals surface area contributed by atoms with E-state index < -0.39 is 0 Å². The van der Waals surface area contributed by atoms with E-state index in [1.165, 1.54) is 11.3 Å². The summed E-state index contributed by atoms with van der Waals surface area (Å²) in [5.74, 6) is -0.0211. The van der Waals surface area contributed by atoms with E-state index in [2.05, 4.69) is 10.6 Å². The van der Waals surface area contributed by atoms with Gasteiger partial charge >= 0.3 is 4.87 Å². The summed E-state index contributed by atoms with van der Waals surface area (Å²) in [5, 5.41) is 5.88. The van der Waals surface area contributed by atoms with Gasteiger partial charge in [-0.05, 0) is 27.8 Å². The van der Waals surface area contributed by atoms with Gasteiger partial charge in [0.15, 0.2) is 0 Å². The predicted molar refractivity (Wildman–Crippen MR) is 74.2 cm³/mol. The summed E-state index contributed by atoms with van der Waals surface area (Å²) in [6.07, 6.45) is 0.341. The Labute approximate surface area is 111 Å². The highest BCUT2D eigenvalue weighted by Gasteiger charge is 2.09. The largest absolute Gasteiger partial charge is 0.354 e. The van der Waals surface area contributed by atoms with E-state index in [0.29, 0.717) is 19.5 Å². The van der Waals surface area contributed by atoms with Crippen LogP contribution in [-0.2, 0) is 11.3 Å². The summed E-state index contributed by atoms with van der Waals surface area (Å²) in [6, 6.07) is 0.252. The number of nitrogens with one attached hydrogen (secondary N) is 2. The highest BCUT2D eigenvalue weighted by Crippen LogP contribution is 2.09. The second-order valence-electron chi connectivity index (χ2n) is 4.41. The van der Waals surface area contributed by atoms with Gasteiger partial charge in [-0.3, -0.25) is 9.59 Å². The van der Waals surface area contributed by atoms with Gasteiger partial charge in [-0.1, -0.05) is 11.3 Å². The molecular formula is C12H21N3O2S. The molecule has 1 unspecified atom stereocenters. The van der Waals surface area contributed by atoms with E-state index >= 15 is 0 Å². The Morgan fingerprint density at radius 2 is 2.11 bits per heavy atom. The van der Waals surface area contributed by atoms with Crippen LogP contribution in [-0.4, -0.2) is 30.1 Å². The number of thiazole rings is 1. The van der Waals surface area contributed by atoms with Crippen LogP contribution in [0.15, 0.2) is 4.79 Å². The Hall–Kier alpha value is -1.14. The zero-order valence-corrected chi connectivity index (χ0v) is 12.2. The molecule has 0 aliphatic carbocycles. The first-order valence-corrected chi connectivity index (χ1v) is 6.88. The van der Waals surface area contributed by atoms with Gasteiger partial charge in [0.1, 0.15) is 0 Å². The van der Waals surface area contributed by atoms with E-state index in [1.54, 1.807) is 4.57 Å². The van der Waals surface area contributed by atoms with Crippen LogP contribution in [0.2, 0.25) is 0 Å². The molecule has 0 aromatic carbocycles. The van der Waals surface area contributed by atoms with E-state index in [9.17, 15) is 9.59 Å². The van der Waals surface area contributed by atoms with Crippen molar-refractivity contribution in [3.05, 3.63) is 20.2 Å². The molecular weight excluding hydrogens is 250 g/mol. The van der Waals surface area contributed by atoms with Gasteiger partial charge in [-0.2, -0.15) is 0 Å². The molecule has 102 valence electrons. The lowest BCUT2D eigenvalue weighted by molar-refractivity contribution is -0.121. The van der Waals surface area contributed by atoms with E-state index in [1.807, 2.05) is 27.8 Å². The van der Waals surface area contributed by atoms with Crippen molar-refractivity contribution >= 4 is 17.2 Å². The lowest BCUT2D eigenvalue weighted by atomic mass is 10.3. The maximum Gasteiger partial charge on any atom is 0.307 e. The van der Waals surface area contributed by atoms with Crippen LogP contribution in [0, 0.1) is 13.8 Å². The molecule has 6 heteroatoms. The van der Waals surface area contributed by atoms with Crippen molar-refractivity contribution in [3.63, 3.8) is 0 Å². The van der Waals surface area contributed by atoms with Crippen molar-refractivity contribution in [1.29, 1.82) is 0 Å². The first-order valence-electron chi connectivity index (χ1n) is 6.06. The smallest absolute Gasteiger partial charge is 0.307 e. The molecule has 0 saturated carbocycles. The zero-order chi connectivity index (χ0) is 13.7. The van der Waals surface area contributed by atoms with E-state index in [-0.39, 0.29) is 16.8 Å². The van der Waals surface area contributed by atoms with Gasteiger partial charge in [0.05, 0.1) is 0 Å². The van der Waals surface area contributed by atoms with Crippen LogP contribution in [0.3, 0.4) is 0 Å². The maximum atomic E-state index is 11.6. The van der Waals surface area contributed by atoms with Crippen molar-refractivity contribution in [1.82, 2.24) is 15.2 Å². The Balaban J connectivity index is 2.45. The molecule has 5 nitrogen and oxygen atoms in total. The number of rotatable bonds is 6. The van der Waals surface area contributed by atoms with Gasteiger partial charge in [-0.15, -0.1) is 0 Å². The third-order valence-electron chi connectivity index (χ3n) is 3.04. The molecule has 1 aromatic rings. The number of aryl methyl sites for hydroxylation is 1. The van der Waals surface area contributed by atoms with Gasteiger partial charge in [-0.25, -0.2) is 0 Å². The van der Waals surface area contributed by atoms with Crippen LogP contribution in [0.1, 0.15) is 23.9 Å². The number of likely N-dealkylation sites (N-methyl/N-ethyl adjacent to an activating group) is 1. The van der Waals surface area contributed by atoms with Crippen molar-refractivity contribution in [2.45, 2.75) is 39.8 Å². The lowest BCUT2D eigenvalue weighted by Gasteiger charge is -2.11.